The number of hydrogen-bond donors (Lipinski definition) is 4. The van der Waals surface area contributed by atoms with Gasteiger partial charge in [0.05, 0.1) is 13.0 Å². The smallest absolute Gasteiger partial charge is 0.275 e. The lowest BCUT2D eigenvalue weighted by molar-refractivity contribution is -0.177. The molecule has 156 valence electrons. The number of hydrogen-bond acceptors (Lipinski definition) is 5. The molecule has 2 atom stereocenters. The minimum atomic E-state index is -1.66. The van der Waals surface area contributed by atoms with Crippen molar-refractivity contribution in [3.05, 3.63) is 0 Å². The Morgan fingerprint density at radius 2 is 1.70 bits per heavy atom. The molecule has 0 aromatic carbocycles. The van der Waals surface area contributed by atoms with E-state index in [2.05, 4.69) is 10.6 Å². The van der Waals surface area contributed by atoms with Gasteiger partial charge in [-0.3, -0.25) is 19.6 Å². The third kappa shape index (κ3) is 7.84. The molecule has 0 aliphatic heterocycles. The van der Waals surface area contributed by atoms with Gasteiger partial charge in [-0.2, -0.15) is 0 Å². The highest BCUT2D eigenvalue weighted by Gasteiger charge is 2.35. The molecule has 0 radical (unpaired) electrons. The molecule has 0 spiro atoms. The van der Waals surface area contributed by atoms with E-state index in [4.69, 9.17) is 0 Å². The second-order valence-electron chi connectivity index (χ2n) is 8.89. The molecule has 8 nitrogen and oxygen atoms in total. The Bertz CT molecular complexity index is 524. The Hall–Kier alpha value is -1.67. The van der Waals surface area contributed by atoms with Crippen molar-refractivity contribution in [1.29, 1.82) is 0 Å². The quantitative estimate of drug-likeness (QED) is 0.370. The summed E-state index contributed by atoms with van der Waals surface area (Å²) in [5, 5.41) is 25.6. The van der Waals surface area contributed by atoms with Crippen LogP contribution in [0.2, 0.25) is 0 Å². The van der Waals surface area contributed by atoms with Crippen molar-refractivity contribution in [1.82, 2.24) is 15.7 Å². The molecule has 1 saturated carbocycles. The van der Waals surface area contributed by atoms with E-state index in [1.54, 1.807) is 0 Å². The van der Waals surface area contributed by atoms with Crippen LogP contribution in [0.3, 0.4) is 0 Å². The fourth-order valence-electron chi connectivity index (χ4n) is 3.12. The number of hydroxylamine groups is 2. The van der Waals surface area contributed by atoms with Crippen LogP contribution in [0.5, 0.6) is 0 Å². The molecule has 4 N–H and O–H groups in total. The number of rotatable bonds is 8. The molecule has 1 aliphatic rings. The van der Waals surface area contributed by atoms with Crippen LogP contribution in [-0.2, 0) is 14.4 Å². The zero-order valence-electron chi connectivity index (χ0n) is 17.1. The van der Waals surface area contributed by atoms with Crippen molar-refractivity contribution in [3.8, 4) is 0 Å². The number of nitrogens with zero attached hydrogens (tertiary/aromatic N) is 1. The van der Waals surface area contributed by atoms with Crippen LogP contribution < -0.4 is 10.6 Å². The van der Waals surface area contributed by atoms with Gasteiger partial charge in [-0.1, -0.05) is 47.5 Å². The van der Waals surface area contributed by atoms with E-state index in [0.717, 1.165) is 25.7 Å². The van der Waals surface area contributed by atoms with E-state index in [-0.39, 0.29) is 24.4 Å². The third-order valence-electron chi connectivity index (χ3n) is 4.59. The summed E-state index contributed by atoms with van der Waals surface area (Å²) in [6.07, 6.45) is 1.86. The first-order valence-corrected chi connectivity index (χ1v) is 9.70. The second kappa shape index (κ2) is 10.0. The number of aliphatic hydroxyl groups excluding tert-OH is 1. The molecular formula is C19H35N3O5. The highest BCUT2D eigenvalue weighted by atomic mass is 16.5. The average molecular weight is 386 g/mol. The zero-order chi connectivity index (χ0) is 20.8. The maximum Gasteiger partial charge on any atom is 0.275 e. The van der Waals surface area contributed by atoms with Gasteiger partial charge >= 0.3 is 0 Å². The van der Waals surface area contributed by atoms with E-state index in [0.29, 0.717) is 5.06 Å². The zero-order valence-corrected chi connectivity index (χ0v) is 17.1. The first kappa shape index (κ1) is 23.4. The summed E-state index contributed by atoms with van der Waals surface area (Å²) in [5.74, 6) is -1.78. The Balaban J connectivity index is 2.65. The molecule has 0 saturated heterocycles. The summed E-state index contributed by atoms with van der Waals surface area (Å²) in [7, 11) is 0. The summed E-state index contributed by atoms with van der Waals surface area (Å²) in [6, 6.07) is -0.654. The fourth-order valence-corrected chi connectivity index (χ4v) is 3.12. The first-order valence-electron chi connectivity index (χ1n) is 9.70. The van der Waals surface area contributed by atoms with Crippen LogP contribution in [0.4, 0.5) is 0 Å². The lowest BCUT2D eigenvalue weighted by atomic mass is 9.85. The van der Waals surface area contributed by atoms with Crippen molar-refractivity contribution in [2.24, 2.45) is 11.3 Å². The number of nitrogens with one attached hydrogen (secondary N) is 2. The monoisotopic (exact) mass is 385 g/mol. The van der Waals surface area contributed by atoms with Gasteiger partial charge in [0.25, 0.3) is 5.91 Å². The Labute approximate surface area is 161 Å². The summed E-state index contributed by atoms with van der Waals surface area (Å²) in [5.41, 5.74) is -0.534. The van der Waals surface area contributed by atoms with E-state index >= 15 is 0 Å². The van der Waals surface area contributed by atoms with Gasteiger partial charge in [0.2, 0.25) is 11.8 Å². The van der Waals surface area contributed by atoms with Gasteiger partial charge in [-0.15, -0.1) is 0 Å². The van der Waals surface area contributed by atoms with Gasteiger partial charge in [0, 0.05) is 6.04 Å². The van der Waals surface area contributed by atoms with Crippen molar-refractivity contribution < 1.29 is 24.7 Å². The standard InChI is InChI=1S/C19H35N3O5/c1-12(2)11-22(27)18(26)14(23)10-15(24)21-16(19(3,4)5)17(25)20-13-8-6-7-9-13/h12-14,16,23,27H,6-11H2,1-5H3,(H,20,25)(H,21,24)/t14-,16+/m0/s1. The van der Waals surface area contributed by atoms with Crippen LogP contribution in [0, 0.1) is 11.3 Å². The second-order valence-corrected chi connectivity index (χ2v) is 8.89. The fraction of sp³-hybridized carbons (Fsp3) is 0.842. The topological polar surface area (TPSA) is 119 Å². The predicted molar refractivity (Wildman–Crippen MR) is 101 cm³/mol. The number of carbonyl (C=O) groups excluding carboxylic acids is 3. The third-order valence-corrected chi connectivity index (χ3v) is 4.59. The van der Waals surface area contributed by atoms with Crippen LogP contribution in [0.1, 0.15) is 66.7 Å². The highest BCUT2D eigenvalue weighted by Crippen LogP contribution is 2.22. The van der Waals surface area contributed by atoms with Crippen LogP contribution in [0.15, 0.2) is 0 Å². The molecule has 0 heterocycles. The molecule has 3 amide bonds. The molecule has 0 bridgehead atoms. The molecule has 27 heavy (non-hydrogen) atoms. The molecule has 0 aromatic rings. The van der Waals surface area contributed by atoms with Gasteiger partial charge in [-0.25, -0.2) is 5.06 Å². The average Bonchev–Trinajstić information content (AvgIpc) is 3.02. The highest BCUT2D eigenvalue weighted by molar-refractivity contribution is 5.91. The minimum Gasteiger partial charge on any atom is -0.383 e. The van der Waals surface area contributed by atoms with Gasteiger partial charge < -0.3 is 15.7 Å². The lowest BCUT2D eigenvalue weighted by Gasteiger charge is -2.31. The normalized spacial score (nSPS) is 17.5. The Kier molecular flexibility index (Phi) is 8.68. The predicted octanol–water partition coefficient (Wildman–Crippen LogP) is 1.20. The number of amides is 3. The Morgan fingerprint density at radius 1 is 1.15 bits per heavy atom. The van der Waals surface area contributed by atoms with Crippen LogP contribution in [-0.4, -0.2) is 57.8 Å². The SMILES string of the molecule is CC(C)CN(O)C(=O)[C@@H](O)CC(=O)N[C@H](C(=O)NC1CCCC1)C(C)(C)C. The number of aliphatic hydroxyl groups is 1. The van der Waals surface area contributed by atoms with E-state index in [1.807, 2.05) is 34.6 Å². The largest absolute Gasteiger partial charge is 0.383 e. The van der Waals surface area contributed by atoms with E-state index < -0.39 is 35.8 Å². The molecular weight excluding hydrogens is 350 g/mol. The van der Waals surface area contributed by atoms with Gasteiger partial charge in [0.1, 0.15) is 12.1 Å². The molecule has 8 heteroatoms. The summed E-state index contributed by atoms with van der Waals surface area (Å²) >= 11 is 0. The maximum absolute atomic E-state index is 12.6. The number of carbonyl (C=O) groups is 3. The van der Waals surface area contributed by atoms with Crippen molar-refractivity contribution in [2.75, 3.05) is 6.54 Å². The first-order chi connectivity index (χ1) is 12.4. The van der Waals surface area contributed by atoms with E-state index in [9.17, 15) is 24.7 Å². The molecule has 0 aromatic heterocycles. The van der Waals surface area contributed by atoms with Crippen molar-refractivity contribution >= 4 is 17.7 Å². The maximum atomic E-state index is 12.6. The van der Waals surface area contributed by atoms with Crippen molar-refractivity contribution in [2.45, 2.75) is 84.9 Å². The van der Waals surface area contributed by atoms with E-state index in [1.165, 1.54) is 0 Å². The minimum absolute atomic E-state index is 0.0181. The molecule has 0 unspecified atom stereocenters. The Morgan fingerprint density at radius 3 is 2.19 bits per heavy atom. The summed E-state index contributed by atoms with van der Waals surface area (Å²) in [6.45, 7) is 9.20. The molecule has 1 aliphatic carbocycles. The molecule has 1 rings (SSSR count). The summed E-state index contributed by atoms with van der Waals surface area (Å²) in [4.78, 5) is 36.9. The summed E-state index contributed by atoms with van der Waals surface area (Å²) < 4.78 is 0. The van der Waals surface area contributed by atoms with Crippen LogP contribution >= 0.6 is 0 Å². The lowest BCUT2D eigenvalue weighted by Crippen LogP contribution is -2.55. The van der Waals surface area contributed by atoms with Crippen LogP contribution in [0.25, 0.3) is 0 Å². The van der Waals surface area contributed by atoms with Gasteiger partial charge in [-0.05, 0) is 24.2 Å². The van der Waals surface area contributed by atoms with Crippen molar-refractivity contribution in [3.63, 3.8) is 0 Å². The van der Waals surface area contributed by atoms with Gasteiger partial charge in [0.15, 0.2) is 0 Å². The molecule has 1 fully saturated rings.